The lowest BCUT2D eigenvalue weighted by Gasteiger charge is -2.21. The van der Waals surface area contributed by atoms with Crippen molar-refractivity contribution in [2.24, 2.45) is 5.92 Å². The lowest BCUT2D eigenvalue weighted by molar-refractivity contribution is -0.119. The fourth-order valence-electron chi connectivity index (χ4n) is 2.89. The Morgan fingerprint density at radius 1 is 1.21 bits per heavy atom. The SMILES string of the molecule is Cc1nc(C)c(-c2nnc(SCC(=O)NC(CC(C)C)c3ccccc3)o2)s1. The molecule has 0 saturated carbocycles. The van der Waals surface area contributed by atoms with Gasteiger partial charge in [0, 0.05) is 0 Å². The van der Waals surface area contributed by atoms with E-state index in [1.807, 2.05) is 44.2 Å². The number of carbonyl (C=O) groups excluding carboxylic acids is 1. The summed E-state index contributed by atoms with van der Waals surface area (Å²) in [5.41, 5.74) is 1.99. The van der Waals surface area contributed by atoms with Gasteiger partial charge in [-0.2, -0.15) is 0 Å². The number of carbonyl (C=O) groups is 1. The molecular weight excluding hydrogens is 392 g/mol. The van der Waals surface area contributed by atoms with Crippen LogP contribution in [0.1, 0.15) is 42.6 Å². The fraction of sp³-hybridized carbons (Fsp3) is 0.400. The van der Waals surface area contributed by atoms with Crippen molar-refractivity contribution in [3.63, 3.8) is 0 Å². The first kappa shape index (κ1) is 20.5. The molecule has 1 amide bonds. The van der Waals surface area contributed by atoms with E-state index in [1.165, 1.54) is 23.1 Å². The lowest BCUT2D eigenvalue weighted by atomic mass is 9.97. The molecule has 0 spiro atoms. The summed E-state index contributed by atoms with van der Waals surface area (Å²) >= 11 is 2.77. The highest BCUT2D eigenvalue weighted by atomic mass is 32.2. The molecule has 0 aliphatic carbocycles. The standard InChI is InChI=1S/C20H24N4O2S2/c1-12(2)10-16(15-8-6-5-7-9-15)22-17(25)11-27-20-24-23-19(26-20)18-13(3)21-14(4)28-18/h5-9,12,16H,10-11H2,1-4H3,(H,22,25). The summed E-state index contributed by atoms with van der Waals surface area (Å²) in [6.45, 7) is 8.17. The summed E-state index contributed by atoms with van der Waals surface area (Å²) in [7, 11) is 0. The second-order valence-electron chi connectivity index (χ2n) is 6.97. The summed E-state index contributed by atoms with van der Waals surface area (Å²) in [6.07, 6.45) is 0.884. The van der Waals surface area contributed by atoms with E-state index in [1.54, 1.807) is 0 Å². The number of aromatic nitrogens is 3. The zero-order chi connectivity index (χ0) is 20.1. The highest BCUT2D eigenvalue weighted by Crippen LogP contribution is 2.30. The van der Waals surface area contributed by atoms with E-state index in [0.29, 0.717) is 17.0 Å². The largest absolute Gasteiger partial charge is 0.410 e. The molecule has 0 aliphatic heterocycles. The topological polar surface area (TPSA) is 80.9 Å². The first-order chi connectivity index (χ1) is 13.4. The van der Waals surface area contributed by atoms with E-state index in [9.17, 15) is 4.79 Å². The molecule has 3 aromatic rings. The number of thiazole rings is 1. The van der Waals surface area contributed by atoms with Gasteiger partial charge in [0.15, 0.2) is 0 Å². The predicted octanol–water partition coefficient (Wildman–Crippen LogP) is 4.81. The minimum absolute atomic E-state index is 0.00429. The minimum atomic E-state index is -0.0518. The van der Waals surface area contributed by atoms with Gasteiger partial charge in [0.05, 0.1) is 22.5 Å². The predicted molar refractivity (Wildman–Crippen MR) is 112 cm³/mol. The summed E-state index contributed by atoms with van der Waals surface area (Å²) in [5.74, 6) is 1.10. The van der Waals surface area contributed by atoms with Crippen LogP contribution in [0, 0.1) is 19.8 Å². The number of rotatable bonds is 8. The lowest BCUT2D eigenvalue weighted by Crippen LogP contribution is -2.30. The average molecular weight is 417 g/mol. The van der Waals surface area contributed by atoms with Gasteiger partial charge in [0.1, 0.15) is 4.88 Å². The van der Waals surface area contributed by atoms with E-state index in [2.05, 4.69) is 34.3 Å². The first-order valence-electron chi connectivity index (χ1n) is 9.17. The van der Waals surface area contributed by atoms with Crippen LogP contribution in [0.25, 0.3) is 10.8 Å². The van der Waals surface area contributed by atoms with Gasteiger partial charge in [-0.15, -0.1) is 21.5 Å². The van der Waals surface area contributed by atoms with E-state index in [-0.39, 0.29) is 17.7 Å². The number of benzene rings is 1. The molecule has 148 valence electrons. The molecule has 8 heteroatoms. The Balaban J connectivity index is 1.59. The molecule has 3 rings (SSSR count). The number of hydrogen-bond acceptors (Lipinski definition) is 7. The number of thioether (sulfide) groups is 1. The number of nitrogens with zero attached hydrogens (tertiary/aromatic N) is 3. The van der Waals surface area contributed by atoms with E-state index in [0.717, 1.165) is 27.6 Å². The highest BCUT2D eigenvalue weighted by Gasteiger charge is 2.18. The molecule has 0 radical (unpaired) electrons. The van der Waals surface area contributed by atoms with Gasteiger partial charge in [0.2, 0.25) is 5.91 Å². The van der Waals surface area contributed by atoms with Crippen LogP contribution >= 0.6 is 23.1 Å². The summed E-state index contributed by atoms with van der Waals surface area (Å²) in [6, 6.07) is 10.1. The van der Waals surface area contributed by atoms with Crippen molar-refractivity contribution in [2.75, 3.05) is 5.75 Å². The van der Waals surface area contributed by atoms with Crippen LogP contribution in [0.15, 0.2) is 40.0 Å². The van der Waals surface area contributed by atoms with Crippen LogP contribution < -0.4 is 5.32 Å². The molecule has 1 atom stereocenters. The van der Waals surface area contributed by atoms with Crippen molar-refractivity contribution >= 4 is 29.0 Å². The Morgan fingerprint density at radius 2 is 1.96 bits per heavy atom. The smallest absolute Gasteiger partial charge is 0.277 e. The summed E-state index contributed by atoms with van der Waals surface area (Å²) in [4.78, 5) is 17.7. The Labute approximate surface area is 173 Å². The molecular formula is C20H24N4O2S2. The zero-order valence-corrected chi connectivity index (χ0v) is 18.1. The van der Waals surface area contributed by atoms with Gasteiger partial charge < -0.3 is 9.73 Å². The molecule has 1 unspecified atom stereocenters. The molecule has 6 nitrogen and oxygen atoms in total. The van der Waals surface area contributed by atoms with Crippen molar-refractivity contribution in [2.45, 2.75) is 45.4 Å². The third-order valence-corrected chi connectivity index (χ3v) is 5.95. The second kappa shape index (κ2) is 9.34. The van der Waals surface area contributed by atoms with E-state index >= 15 is 0 Å². The first-order valence-corrected chi connectivity index (χ1v) is 11.0. The molecule has 0 bridgehead atoms. The third kappa shape index (κ3) is 5.42. The number of hydrogen-bond donors (Lipinski definition) is 1. The van der Waals surface area contributed by atoms with Gasteiger partial charge in [-0.05, 0) is 31.7 Å². The van der Waals surface area contributed by atoms with Gasteiger partial charge in [-0.25, -0.2) is 4.98 Å². The molecule has 0 fully saturated rings. The zero-order valence-electron chi connectivity index (χ0n) is 16.4. The number of aryl methyl sites for hydroxylation is 2. The second-order valence-corrected chi connectivity index (χ2v) is 9.10. The van der Waals surface area contributed by atoms with Crippen LogP contribution in [0.4, 0.5) is 0 Å². The molecule has 2 aromatic heterocycles. The maximum Gasteiger partial charge on any atom is 0.277 e. The normalized spacial score (nSPS) is 12.3. The molecule has 1 N–H and O–H groups in total. The van der Waals surface area contributed by atoms with Crippen LogP contribution in [-0.4, -0.2) is 26.8 Å². The third-order valence-electron chi connectivity index (χ3n) is 4.08. The Morgan fingerprint density at radius 3 is 2.61 bits per heavy atom. The fourth-order valence-corrected chi connectivity index (χ4v) is 4.30. The van der Waals surface area contributed by atoms with E-state index < -0.39 is 0 Å². The number of nitrogens with one attached hydrogen (secondary N) is 1. The Bertz CT molecular complexity index is 921. The maximum absolute atomic E-state index is 12.5. The van der Waals surface area contributed by atoms with Crippen molar-refractivity contribution in [1.29, 1.82) is 0 Å². The highest BCUT2D eigenvalue weighted by molar-refractivity contribution is 7.99. The van der Waals surface area contributed by atoms with Gasteiger partial charge in [0.25, 0.3) is 11.1 Å². The van der Waals surface area contributed by atoms with Crippen molar-refractivity contribution in [1.82, 2.24) is 20.5 Å². The van der Waals surface area contributed by atoms with Crippen LogP contribution in [0.3, 0.4) is 0 Å². The van der Waals surface area contributed by atoms with Crippen molar-refractivity contribution < 1.29 is 9.21 Å². The number of amides is 1. The Kier molecular flexibility index (Phi) is 6.85. The molecule has 1 aromatic carbocycles. The molecule has 2 heterocycles. The quantitative estimate of drug-likeness (QED) is 0.531. The molecule has 0 aliphatic rings. The van der Waals surface area contributed by atoms with E-state index in [4.69, 9.17) is 4.42 Å². The summed E-state index contributed by atoms with van der Waals surface area (Å²) in [5, 5.41) is 12.6. The van der Waals surface area contributed by atoms with Gasteiger partial charge >= 0.3 is 0 Å². The van der Waals surface area contributed by atoms with Gasteiger partial charge in [-0.3, -0.25) is 4.79 Å². The monoisotopic (exact) mass is 416 g/mol. The average Bonchev–Trinajstić information content (AvgIpc) is 3.25. The van der Waals surface area contributed by atoms with Gasteiger partial charge in [-0.1, -0.05) is 55.9 Å². The minimum Gasteiger partial charge on any atom is -0.410 e. The molecule has 28 heavy (non-hydrogen) atoms. The molecule has 0 saturated heterocycles. The summed E-state index contributed by atoms with van der Waals surface area (Å²) < 4.78 is 5.70. The van der Waals surface area contributed by atoms with Crippen LogP contribution in [-0.2, 0) is 4.79 Å². The maximum atomic E-state index is 12.5. The van der Waals surface area contributed by atoms with Crippen molar-refractivity contribution in [3.8, 4) is 10.8 Å². The van der Waals surface area contributed by atoms with Crippen molar-refractivity contribution in [3.05, 3.63) is 46.6 Å². The Hall–Kier alpha value is -2.19. The van der Waals surface area contributed by atoms with Crippen LogP contribution in [0.2, 0.25) is 0 Å². The van der Waals surface area contributed by atoms with Crippen LogP contribution in [0.5, 0.6) is 0 Å².